The minimum atomic E-state index is -0.165. The Balaban J connectivity index is 1.13. The van der Waals surface area contributed by atoms with Crippen molar-refractivity contribution in [1.29, 1.82) is 0 Å². The van der Waals surface area contributed by atoms with Crippen molar-refractivity contribution in [2.45, 2.75) is 64.5 Å². The molecule has 1 saturated heterocycles. The summed E-state index contributed by atoms with van der Waals surface area (Å²) in [6, 6.07) is 10.8. The van der Waals surface area contributed by atoms with E-state index in [9.17, 15) is 4.79 Å². The number of carbonyl (C=O) groups excluding carboxylic acids is 1. The topological polar surface area (TPSA) is 35.6 Å². The molecule has 1 aliphatic heterocycles. The Hall–Kier alpha value is -1.39. The molecule has 0 atom stereocenters. The van der Waals surface area contributed by atoms with E-state index in [-0.39, 0.29) is 11.0 Å². The average Bonchev–Trinajstić information content (AvgIpc) is 2.69. The number of carbonyl (C=O) groups is 1. The van der Waals surface area contributed by atoms with E-state index in [0.29, 0.717) is 5.91 Å². The smallest absolute Gasteiger partial charge is 0.226 e. The highest BCUT2D eigenvalue weighted by atomic mass is 16.2. The molecule has 30 heavy (non-hydrogen) atoms. The van der Waals surface area contributed by atoms with Gasteiger partial charge in [-0.1, -0.05) is 30.3 Å². The zero-order chi connectivity index (χ0) is 20.8. The second-order valence-corrected chi connectivity index (χ2v) is 11.6. The van der Waals surface area contributed by atoms with Crippen molar-refractivity contribution in [2.24, 2.45) is 23.2 Å². The summed E-state index contributed by atoms with van der Waals surface area (Å²) in [7, 11) is 0. The molecule has 5 aliphatic rings. The van der Waals surface area contributed by atoms with Crippen LogP contribution >= 0.6 is 0 Å². The third kappa shape index (κ3) is 4.31. The molecule has 0 unspecified atom stereocenters. The second-order valence-electron chi connectivity index (χ2n) is 11.6. The van der Waals surface area contributed by atoms with Crippen LogP contribution in [0.4, 0.5) is 0 Å². The lowest BCUT2D eigenvalue weighted by Crippen LogP contribution is -2.60. The molecule has 0 radical (unpaired) electrons. The van der Waals surface area contributed by atoms with E-state index in [1.165, 1.54) is 24.8 Å². The van der Waals surface area contributed by atoms with Gasteiger partial charge in [-0.25, -0.2) is 0 Å². The van der Waals surface area contributed by atoms with Crippen LogP contribution in [0.2, 0.25) is 0 Å². The first-order valence-corrected chi connectivity index (χ1v) is 12.2. The molecular formula is C26H39N3O. The first-order valence-electron chi connectivity index (χ1n) is 12.2. The fourth-order valence-electron chi connectivity index (χ4n) is 7.37. The minimum absolute atomic E-state index is 0.0413. The second kappa shape index (κ2) is 7.94. The summed E-state index contributed by atoms with van der Waals surface area (Å²) in [6.45, 7) is 10.8. The maximum absolute atomic E-state index is 13.5. The number of amides is 1. The van der Waals surface area contributed by atoms with E-state index >= 15 is 0 Å². The van der Waals surface area contributed by atoms with Gasteiger partial charge in [0, 0.05) is 50.2 Å². The lowest BCUT2D eigenvalue weighted by Gasteiger charge is -2.56. The molecule has 6 rings (SSSR count). The van der Waals surface area contributed by atoms with Gasteiger partial charge in [-0.3, -0.25) is 14.6 Å². The van der Waals surface area contributed by atoms with Crippen molar-refractivity contribution >= 4 is 5.91 Å². The van der Waals surface area contributed by atoms with Crippen LogP contribution in [0.3, 0.4) is 0 Å². The van der Waals surface area contributed by atoms with E-state index in [1.807, 2.05) is 0 Å². The number of hydrogen-bond donors (Lipinski definition) is 1. The molecule has 4 aliphatic carbocycles. The molecule has 0 aromatic heterocycles. The number of piperazine rings is 1. The van der Waals surface area contributed by atoms with Crippen molar-refractivity contribution in [1.82, 2.24) is 15.1 Å². The standard InChI is InChI=1S/C26H39N3O/c1-25(2,19-29-10-8-28(9-11-29)18-20-6-4-3-5-7-20)27-24(30)26-15-21-12-22(16-26)14-23(13-21)17-26/h3-7,21-23H,8-19H2,1-2H3,(H,27,30). The van der Waals surface area contributed by atoms with Crippen molar-refractivity contribution in [3.63, 3.8) is 0 Å². The summed E-state index contributed by atoms with van der Waals surface area (Å²) < 4.78 is 0. The van der Waals surface area contributed by atoms with Crippen LogP contribution in [-0.2, 0) is 11.3 Å². The van der Waals surface area contributed by atoms with Crippen LogP contribution < -0.4 is 5.32 Å². The maximum Gasteiger partial charge on any atom is 0.226 e. The van der Waals surface area contributed by atoms with E-state index in [1.54, 1.807) is 0 Å². The molecule has 4 saturated carbocycles. The number of nitrogens with zero attached hydrogens (tertiary/aromatic N) is 2. The lowest BCUT2D eigenvalue weighted by molar-refractivity contribution is -0.148. The van der Waals surface area contributed by atoms with Crippen LogP contribution in [0.25, 0.3) is 0 Å². The fourth-order valence-corrected chi connectivity index (χ4v) is 7.37. The van der Waals surface area contributed by atoms with Gasteiger partial charge in [0.1, 0.15) is 0 Å². The van der Waals surface area contributed by atoms with Crippen molar-refractivity contribution in [3.8, 4) is 0 Å². The van der Waals surface area contributed by atoms with E-state index < -0.39 is 0 Å². The number of nitrogens with one attached hydrogen (secondary N) is 1. The van der Waals surface area contributed by atoms with Gasteiger partial charge in [-0.15, -0.1) is 0 Å². The molecule has 4 bridgehead atoms. The van der Waals surface area contributed by atoms with Gasteiger partial charge < -0.3 is 5.32 Å². The SMILES string of the molecule is CC(C)(CN1CCN(Cc2ccccc2)CC1)NC(=O)C12CC3CC(CC(C3)C1)C2. The Morgan fingerprint density at radius 1 is 0.933 bits per heavy atom. The Kier molecular flexibility index (Phi) is 5.43. The quantitative estimate of drug-likeness (QED) is 0.774. The maximum atomic E-state index is 13.5. The monoisotopic (exact) mass is 409 g/mol. The van der Waals surface area contributed by atoms with Crippen LogP contribution in [0.1, 0.15) is 57.9 Å². The predicted octanol–water partition coefficient (Wildman–Crippen LogP) is 3.92. The molecule has 1 aromatic carbocycles. The molecule has 1 heterocycles. The summed E-state index contributed by atoms with van der Waals surface area (Å²) >= 11 is 0. The molecule has 0 spiro atoms. The van der Waals surface area contributed by atoms with E-state index in [2.05, 4.69) is 59.3 Å². The van der Waals surface area contributed by atoms with E-state index in [4.69, 9.17) is 0 Å². The van der Waals surface area contributed by atoms with Crippen LogP contribution in [0, 0.1) is 23.2 Å². The zero-order valence-electron chi connectivity index (χ0n) is 18.9. The summed E-state index contributed by atoms with van der Waals surface area (Å²) in [5.74, 6) is 2.84. The zero-order valence-corrected chi connectivity index (χ0v) is 18.9. The molecule has 4 nitrogen and oxygen atoms in total. The van der Waals surface area contributed by atoms with Crippen molar-refractivity contribution in [3.05, 3.63) is 35.9 Å². The number of hydrogen-bond acceptors (Lipinski definition) is 3. The van der Waals surface area contributed by atoms with Gasteiger partial charge >= 0.3 is 0 Å². The number of benzene rings is 1. The summed E-state index contributed by atoms with van der Waals surface area (Å²) in [5, 5.41) is 3.52. The van der Waals surface area contributed by atoms with Crippen LogP contribution in [0.15, 0.2) is 30.3 Å². The number of rotatable bonds is 6. The molecule has 164 valence electrons. The van der Waals surface area contributed by atoms with Gasteiger partial charge in [0.2, 0.25) is 5.91 Å². The van der Waals surface area contributed by atoms with Crippen LogP contribution in [-0.4, -0.2) is 54.0 Å². The average molecular weight is 410 g/mol. The largest absolute Gasteiger partial charge is 0.349 e. The van der Waals surface area contributed by atoms with Crippen molar-refractivity contribution in [2.75, 3.05) is 32.7 Å². The van der Waals surface area contributed by atoms with Gasteiger partial charge in [0.05, 0.1) is 0 Å². The van der Waals surface area contributed by atoms with Crippen molar-refractivity contribution < 1.29 is 4.79 Å². The third-order valence-electron chi connectivity index (χ3n) is 8.30. The summed E-state index contributed by atoms with van der Waals surface area (Å²) in [4.78, 5) is 18.6. The van der Waals surface area contributed by atoms with Crippen LogP contribution in [0.5, 0.6) is 0 Å². The molecule has 5 fully saturated rings. The Morgan fingerprint density at radius 2 is 1.47 bits per heavy atom. The summed E-state index contributed by atoms with van der Waals surface area (Å²) in [6.07, 6.45) is 7.63. The molecule has 1 N–H and O–H groups in total. The lowest BCUT2D eigenvalue weighted by atomic mass is 9.49. The highest BCUT2D eigenvalue weighted by Crippen LogP contribution is 2.60. The summed E-state index contributed by atoms with van der Waals surface area (Å²) in [5.41, 5.74) is 1.19. The molecule has 4 heteroatoms. The van der Waals surface area contributed by atoms with Gasteiger partial charge in [-0.05, 0) is 75.7 Å². The predicted molar refractivity (Wildman–Crippen MR) is 121 cm³/mol. The highest BCUT2D eigenvalue weighted by molar-refractivity contribution is 5.83. The van der Waals surface area contributed by atoms with Gasteiger partial charge in [0.25, 0.3) is 0 Å². The third-order valence-corrected chi connectivity index (χ3v) is 8.30. The Labute approximate surface area is 182 Å². The minimum Gasteiger partial charge on any atom is -0.349 e. The Bertz CT molecular complexity index is 716. The first-order chi connectivity index (χ1) is 14.4. The fraction of sp³-hybridized carbons (Fsp3) is 0.731. The van der Waals surface area contributed by atoms with E-state index in [0.717, 1.165) is 76.3 Å². The molecular weight excluding hydrogens is 370 g/mol. The first kappa shape index (κ1) is 20.5. The van der Waals surface area contributed by atoms with Gasteiger partial charge in [-0.2, -0.15) is 0 Å². The normalized spacial score (nSPS) is 34.3. The molecule has 1 aromatic rings. The van der Waals surface area contributed by atoms with Gasteiger partial charge in [0.15, 0.2) is 0 Å². The Morgan fingerprint density at radius 3 is 2.03 bits per heavy atom. The molecule has 1 amide bonds. The highest BCUT2D eigenvalue weighted by Gasteiger charge is 2.55.